The zero-order valence-electron chi connectivity index (χ0n) is 19.0. The lowest BCUT2D eigenvalue weighted by Gasteiger charge is -2.34. The van der Waals surface area contributed by atoms with Crippen LogP contribution in [0, 0.1) is 0 Å². The van der Waals surface area contributed by atoms with Crippen molar-refractivity contribution in [3.05, 3.63) is 36.8 Å². The molecule has 0 aromatic carbocycles. The normalized spacial score (nSPS) is 24.5. The Morgan fingerprint density at radius 1 is 1.28 bits per heavy atom. The smallest absolute Gasteiger partial charge is 0.233 e. The van der Waals surface area contributed by atoms with Gasteiger partial charge in [-0.1, -0.05) is 0 Å². The van der Waals surface area contributed by atoms with Crippen molar-refractivity contribution in [2.75, 3.05) is 0 Å². The molecule has 2 aliphatic rings. The molecule has 3 aromatic rings. The van der Waals surface area contributed by atoms with Gasteiger partial charge in [0.25, 0.3) is 0 Å². The minimum atomic E-state index is -2.36. The molecule has 8 nitrogen and oxygen atoms in total. The van der Waals surface area contributed by atoms with Gasteiger partial charge in [-0.3, -0.25) is 4.68 Å². The number of aryl methyl sites for hydroxylation is 1. The number of nitrogens with zero attached hydrogens (tertiary/aromatic N) is 5. The number of piperidine rings is 1. The fraction of sp³-hybridized carbons (Fsp3) is 0.429. The highest BCUT2D eigenvalue weighted by atomic mass is 16.5. The molecule has 1 aliphatic carbocycles. The molecule has 2 N–H and O–H groups in total. The Bertz CT molecular complexity index is 1130. The van der Waals surface area contributed by atoms with Crippen molar-refractivity contribution in [2.24, 2.45) is 6.98 Å². The Hall–Kier alpha value is -3.00. The molecule has 150 valence electrons. The van der Waals surface area contributed by atoms with Crippen LogP contribution in [0.4, 0.5) is 0 Å². The van der Waals surface area contributed by atoms with Crippen molar-refractivity contribution in [3.63, 3.8) is 0 Å². The monoisotopic (exact) mass is 395 g/mol. The molecule has 0 unspecified atom stereocenters. The average molecular weight is 395 g/mol. The summed E-state index contributed by atoms with van der Waals surface area (Å²) in [5, 5.41) is 26.4. The summed E-state index contributed by atoms with van der Waals surface area (Å²) in [7, 11) is 0. The number of aromatic hydroxyl groups is 1. The highest BCUT2D eigenvalue weighted by molar-refractivity contribution is 5.69. The van der Waals surface area contributed by atoms with Gasteiger partial charge in [-0.25, -0.2) is 4.98 Å². The lowest BCUT2D eigenvalue weighted by molar-refractivity contribution is 0.106. The van der Waals surface area contributed by atoms with E-state index in [9.17, 15) is 5.11 Å². The maximum absolute atomic E-state index is 10.5. The Morgan fingerprint density at radius 2 is 2.17 bits per heavy atom. The Labute approximate surface area is 173 Å². The van der Waals surface area contributed by atoms with Crippen molar-refractivity contribution in [3.8, 4) is 34.1 Å². The predicted molar refractivity (Wildman–Crippen MR) is 107 cm³/mol. The van der Waals surface area contributed by atoms with Gasteiger partial charge in [0.2, 0.25) is 5.88 Å². The van der Waals surface area contributed by atoms with E-state index in [-0.39, 0.29) is 23.1 Å². The summed E-state index contributed by atoms with van der Waals surface area (Å²) < 4.78 is 29.2. The number of hydrogen-bond acceptors (Lipinski definition) is 7. The lowest BCUT2D eigenvalue weighted by atomic mass is 9.95. The summed E-state index contributed by atoms with van der Waals surface area (Å²) in [6.45, 7) is -0.185. The average Bonchev–Trinajstić information content (AvgIpc) is 3.25. The van der Waals surface area contributed by atoms with Crippen LogP contribution < -0.4 is 10.1 Å². The van der Waals surface area contributed by atoms with Crippen molar-refractivity contribution in [2.45, 2.75) is 50.3 Å². The van der Waals surface area contributed by atoms with Crippen molar-refractivity contribution < 1.29 is 14.0 Å². The van der Waals surface area contributed by atoms with E-state index in [0.29, 0.717) is 28.7 Å². The zero-order chi connectivity index (χ0) is 22.5. The molecule has 3 aromatic heterocycles. The lowest BCUT2D eigenvalue weighted by Crippen LogP contribution is -2.49. The summed E-state index contributed by atoms with van der Waals surface area (Å²) >= 11 is 0. The third-order valence-corrected chi connectivity index (χ3v) is 5.59. The van der Waals surface area contributed by atoms with Crippen molar-refractivity contribution >= 4 is 0 Å². The van der Waals surface area contributed by atoms with Gasteiger partial charge in [0, 0.05) is 58.7 Å². The van der Waals surface area contributed by atoms with Gasteiger partial charge in [-0.05, 0) is 38.3 Å². The van der Waals surface area contributed by atoms with Gasteiger partial charge in [0.05, 0.1) is 6.20 Å². The van der Waals surface area contributed by atoms with Crippen LogP contribution in [-0.4, -0.2) is 47.8 Å². The van der Waals surface area contributed by atoms with E-state index in [1.807, 2.05) is 0 Å². The van der Waals surface area contributed by atoms with Crippen molar-refractivity contribution in [1.82, 2.24) is 30.3 Å². The first kappa shape index (κ1) is 14.9. The van der Waals surface area contributed by atoms with Gasteiger partial charge in [-0.2, -0.15) is 5.10 Å². The van der Waals surface area contributed by atoms with Crippen LogP contribution in [0.25, 0.3) is 22.5 Å². The van der Waals surface area contributed by atoms with E-state index in [1.165, 1.54) is 37.5 Å². The molecule has 1 saturated heterocycles. The maximum Gasteiger partial charge on any atom is 0.233 e. The first-order valence-corrected chi connectivity index (χ1v) is 9.74. The molecule has 1 spiro atoms. The summed E-state index contributed by atoms with van der Waals surface area (Å²) in [5.41, 5.74) is 2.02. The van der Waals surface area contributed by atoms with E-state index in [4.69, 9.17) is 8.85 Å². The molecule has 5 rings (SSSR count). The Balaban J connectivity index is 1.30. The molecule has 8 heteroatoms. The van der Waals surface area contributed by atoms with Crippen LogP contribution in [0.2, 0.25) is 0 Å². The van der Waals surface area contributed by atoms with Crippen LogP contribution in [-0.2, 0) is 6.98 Å². The van der Waals surface area contributed by atoms with E-state index in [0.717, 1.165) is 17.5 Å². The van der Waals surface area contributed by atoms with E-state index in [1.54, 1.807) is 12.1 Å². The van der Waals surface area contributed by atoms with Crippen LogP contribution in [0.3, 0.4) is 0 Å². The molecular formula is C21H24N6O2. The van der Waals surface area contributed by atoms with E-state index < -0.39 is 6.98 Å². The molecule has 2 fully saturated rings. The summed E-state index contributed by atoms with van der Waals surface area (Å²) in [5.74, 6) is 0.367. The molecule has 0 bridgehead atoms. The van der Waals surface area contributed by atoms with Crippen LogP contribution in [0.5, 0.6) is 11.6 Å². The molecule has 0 amide bonds. The molecule has 2 atom stereocenters. The van der Waals surface area contributed by atoms with Crippen LogP contribution >= 0.6 is 0 Å². The number of hydrogen-bond donors (Lipinski definition) is 2. The molecule has 1 aliphatic heterocycles. The minimum absolute atomic E-state index is 0.0880. The molecule has 0 radical (unpaired) electrons. The summed E-state index contributed by atoms with van der Waals surface area (Å²) in [6.07, 6.45) is 8.74. The predicted octanol–water partition coefficient (Wildman–Crippen LogP) is 2.70. The zero-order valence-corrected chi connectivity index (χ0v) is 16.0. The second-order valence-electron chi connectivity index (χ2n) is 8.03. The quantitative estimate of drug-likeness (QED) is 0.701. The van der Waals surface area contributed by atoms with Crippen LogP contribution in [0.1, 0.15) is 36.7 Å². The first-order chi connectivity index (χ1) is 15.2. The van der Waals surface area contributed by atoms with Gasteiger partial charge >= 0.3 is 0 Å². The maximum atomic E-state index is 10.5. The number of aromatic nitrogens is 5. The molecule has 4 heterocycles. The van der Waals surface area contributed by atoms with Gasteiger partial charge < -0.3 is 15.2 Å². The molecule has 1 saturated carbocycles. The number of ether oxygens (including phenoxy) is 1. The van der Waals surface area contributed by atoms with Crippen molar-refractivity contribution in [1.29, 1.82) is 0 Å². The minimum Gasteiger partial charge on any atom is -0.506 e. The first-order valence-electron chi connectivity index (χ1n) is 11.2. The third-order valence-electron chi connectivity index (χ3n) is 5.59. The Kier molecular flexibility index (Phi) is 3.50. The summed E-state index contributed by atoms with van der Waals surface area (Å²) in [6, 6.07) is 5.37. The third kappa shape index (κ3) is 3.67. The second-order valence-corrected chi connectivity index (χ2v) is 8.03. The van der Waals surface area contributed by atoms with E-state index in [2.05, 4.69) is 32.5 Å². The Morgan fingerprint density at radius 3 is 2.86 bits per heavy atom. The molecular weight excluding hydrogens is 368 g/mol. The number of nitrogens with one attached hydrogen (secondary N) is 1. The van der Waals surface area contributed by atoms with Gasteiger partial charge in [0.1, 0.15) is 23.2 Å². The van der Waals surface area contributed by atoms with Gasteiger partial charge in [-0.15, -0.1) is 10.2 Å². The second kappa shape index (κ2) is 6.81. The fourth-order valence-electron chi connectivity index (χ4n) is 4.10. The highest BCUT2D eigenvalue weighted by Crippen LogP contribution is 2.44. The standard InChI is InChI=1S/C21H24N6O2/c1-13-7-16(9-21(24-13)5-6-21)29-19-4-3-17(25-26-19)20-18(28)8-14(10-22-20)15-11-23-27(2)12-15/h3-4,8,10-13,16,24,28H,5-7,9H2,1-2H3/t13-,16-/m0/s1/i2D3. The fourth-order valence-corrected chi connectivity index (χ4v) is 4.10. The summed E-state index contributed by atoms with van der Waals surface area (Å²) in [4.78, 5) is 4.30. The molecule has 29 heavy (non-hydrogen) atoms. The number of pyridine rings is 1. The van der Waals surface area contributed by atoms with Gasteiger partial charge in [0.15, 0.2) is 0 Å². The van der Waals surface area contributed by atoms with E-state index >= 15 is 0 Å². The largest absolute Gasteiger partial charge is 0.506 e. The number of rotatable bonds is 4. The SMILES string of the molecule is [2H]C([2H])([2H])n1cc(-c2cnc(-c3ccc(O[C@H]4C[C@H](C)NC5(CC5)C4)nn3)c(O)c2)cn1. The van der Waals surface area contributed by atoms with Crippen LogP contribution in [0.15, 0.2) is 36.8 Å². The highest BCUT2D eigenvalue weighted by Gasteiger charge is 2.48. The topological polar surface area (TPSA) is 98.0 Å².